The number of hydrogen-bond acceptors (Lipinski definition) is 5. The van der Waals surface area contributed by atoms with E-state index < -0.39 is 63.8 Å². The number of esters is 2. The minimum atomic E-state index is -2.42. The lowest BCUT2D eigenvalue weighted by Gasteiger charge is -2.12. The highest BCUT2D eigenvalue weighted by Crippen LogP contribution is 2.31. The number of halogens is 5. The standard InChI is InChI=1S/C20H9F5O5/c21-13-14(22)16(24)18(17(25)15(13)23)30-20(28)10-6-2-4-8-12(10)29-19(27)9-5-1-3-7-11(9)26/h1-8,26H. The van der Waals surface area contributed by atoms with E-state index in [1.165, 1.54) is 36.4 Å². The van der Waals surface area contributed by atoms with Crippen LogP contribution in [0.4, 0.5) is 22.0 Å². The molecular formula is C20H9F5O5. The van der Waals surface area contributed by atoms with E-state index in [2.05, 4.69) is 4.74 Å². The summed E-state index contributed by atoms with van der Waals surface area (Å²) in [6.07, 6.45) is 0. The van der Waals surface area contributed by atoms with Crippen LogP contribution in [-0.2, 0) is 0 Å². The summed E-state index contributed by atoms with van der Waals surface area (Å²) >= 11 is 0. The average molecular weight is 424 g/mol. The molecule has 0 spiro atoms. The van der Waals surface area contributed by atoms with Crippen molar-refractivity contribution in [2.75, 3.05) is 0 Å². The zero-order chi connectivity index (χ0) is 22.0. The molecule has 0 aliphatic rings. The van der Waals surface area contributed by atoms with E-state index in [0.29, 0.717) is 0 Å². The summed E-state index contributed by atoms with van der Waals surface area (Å²) in [5, 5.41) is 9.69. The van der Waals surface area contributed by atoms with Gasteiger partial charge in [-0.1, -0.05) is 24.3 Å². The van der Waals surface area contributed by atoms with Gasteiger partial charge in [0.25, 0.3) is 0 Å². The summed E-state index contributed by atoms with van der Waals surface area (Å²) < 4.78 is 76.5. The second-order valence-corrected chi connectivity index (χ2v) is 5.69. The Hall–Kier alpha value is -3.95. The largest absolute Gasteiger partial charge is 0.507 e. The molecule has 154 valence electrons. The number of para-hydroxylation sites is 2. The molecule has 0 heterocycles. The summed E-state index contributed by atoms with van der Waals surface area (Å²) in [7, 11) is 0. The monoisotopic (exact) mass is 424 g/mol. The van der Waals surface area contributed by atoms with Gasteiger partial charge >= 0.3 is 11.9 Å². The van der Waals surface area contributed by atoms with Crippen molar-refractivity contribution in [2.24, 2.45) is 0 Å². The van der Waals surface area contributed by atoms with Crippen LogP contribution in [0.15, 0.2) is 48.5 Å². The molecule has 0 bridgehead atoms. The molecule has 0 saturated heterocycles. The fourth-order valence-corrected chi connectivity index (χ4v) is 2.35. The lowest BCUT2D eigenvalue weighted by atomic mass is 10.2. The van der Waals surface area contributed by atoms with Crippen molar-refractivity contribution in [3.63, 3.8) is 0 Å². The smallest absolute Gasteiger partial charge is 0.347 e. The normalized spacial score (nSPS) is 10.6. The van der Waals surface area contributed by atoms with Crippen LogP contribution in [0.3, 0.4) is 0 Å². The van der Waals surface area contributed by atoms with Crippen LogP contribution in [0.5, 0.6) is 17.2 Å². The van der Waals surface area contributed by atoms with Gasteiger partial charge in [-0.15, -0.1) is 0 Å². The molecule has 0 atom stereocenters. The first-order chi connectivity index (χ1) is 14.2. The van der Waals surface area contributed by atoms with Gasteiger partial charge in [0.1, 0.15) is 22.6 Å². The van der Waals surface area contributed by atoms with Gasteiger partial charge in [-0.2, -0.15) is 8.78 Å². The van der Waals surface area contributed by atoms with E-state index in [1.54, 1.807) is 0 Å². The highest BCUT2D eigenvalue weighted by Gasteiger charge is 2.29. The van der Waals surface area contributed by atoms with Gasteiger partial charge in [0, 0.05) is 0 Å². The zero-order valence-electron chi connectivity index (χ0n) is 14.6. The average Bonchev–Trinajstić information content (AvgIpc) is 2.74. The first-order valence-electron chi connectivity index (χ1n) is 8.05. The molecular weight excluding hydrogens is 415 g/mol. The van der Waals surface area contributed by atoms with Crippen molar-refractivity contribution < 1.29 is 46.1 Å². The van der Waals surface area contributed by atoms with Gasteiger partial charge in [-0.3, -0.25) is 0 Å². The van der Waals surface area contributed by atoms with Crippen molar-refractivity contribution in [3.05, 3.63) is 88.7 Å². The number of rotatable bonds is 4. The molecule has 3 aromatic rings. The Morgan fingerprint density at radius 2 is 1.10 bits per heavy atom. The lowest BCUT2D eigenvalue weighted by Crippen LogP contribution is -2.16. The Bertz CT molecular complexity index is 1130. The van der Waals surface area contributed by atoms with Crippen LogP contribution in [0.25, 0.3) is 0 Å². The summed E-state index contributed by atoms with van der Waals surface area (Å²) in [6.45, 7) is 0. The highest BCUT2D eigenvalue weighted by atomic mass is 19.2. The maximum Gasteiger partial charge on any atom is 0.347 e. The Labute approximate surface area is 164 Å². The molecule has 0 aliphatic heterocycles. The summed E-state index contributed by atoms with van der Waals surface area (Å²) in [4.78, 5) is 24.5. The van der Waals surface area contributed by atoms with Crippen molar-refractivity contribution >= 4 is 11.9 Å². The van der Waals surface area contributed by atoms with Gasteiger partial charge in [-0.25, -0.2) is 22.8 Å². The third-order valence-corrected chi connectivity index (χ3v) is 3.80. The van der Waals surface area contributed by atoms with E-state index >= 15 is 0 Å². The summed E-state index contributed by atoms with van der Waals surface area (Å²) in [6, 6.07) is 10.1. The van der Waals surface area contributed by atoms with Gasteiger partial charge < -0.3 is 14.6 Å². The third kappa shape index (κ3) is 3.79. The van der Waals surface area contributed by atoms with Gasteiger partial charge in [0.15, 0.2) is 0 Å². The molecule has 0 amide bonds. The van der Waals surface area contributed by atoms with Crippen molar-refractivity contribution in [3.8, 4) is 17.2 Å². The fraction of sp³-hybridized carbons (Fsp3) is 0. The van der Waals surface area contributed by atoms with Crippen molar-refractivity contribution in [1.82, 2.24) is 0 Å². The SMILES string of the molecule is O=C(Oc1ccccc1C(=O)Oc1c(F)c(F)c(F)c(F)c1F)c1ccccc1O. The minimum absolute atomic E-state index is 0.250. The Kier molecular flexibility index (Phi) is 5.67. The van der Waals surface area contributed by atoms with E-state index in [-0.39, 0.29) is 5.56 Å². The molecule has 10 heteroatoms. The Balaban J connectivity index is 1.93. The number of ether oxygens (including phenoxy) is 2. The summed E-state index contributed by atoms with van der Waals surface area (Å²) in [5.41, 5.74) is -0.800. The van der Waals surface area contributed by atoms with E-state index in [0.717, 1.165) is 12.1 Å². The molecule has 0 unspecified atom stereocenters. The third-order valence-electron chi connectivity index (χ3n) is 3.80. The molecule has 0 fully saturated rings. The zero-order valence-corrected chi connectivity index (χ0v) is 14.6. The molecule has 0 saturated carbocycles. The molecule has 0 radical (unpaired) electrons. The first-order valence-corrected chi connectivity index (χ1v) is 8.05. The molecule has 3 aromatic carbocycles. The molecule has 3 rings (SSSR count). The van der Waals surface area contributed by atoms with Crippen molar-refractivity contribution in [1.29, 1.82) is 0 Å². The number of carbonyl (C=O) groups is 2. The van der Waals surface area contributed by atoms with Gasteiger partial charge in [0.2, 0.25) is 34.8 Å². The predicted octanol–water partition coefficient (Wildman–Crippen LogP) is 4.53. The quantitative estimate of drug-likeness (QED) is 0.219. The van der Waals surface area contributed by atoms with E-state index in [1.807, 2.05) is 0 Å². The highest BCUT2D eigenvalue weighted by molar-refractivity contribution is 5.98. The molecule has 0 aliphatic carbocycles. The van der Waals surface area contributed by atoms with Crippen LogP contribution in [0.1, 0.15) is 20.7 Å². The topological polar surface area (TPSA) is 72.8 Å². The van der Waals surface area contributed by atoms with Crippen LogP contribution < -0.4 is 9.47 Å². The van der Waals surface area contributed by atoms with Gasteiger partial charge in [-0.05, 0) is 24.3 Å². The maximum atomic E-state index is 13.7. The van der Waals surface area contributed by atoms with Crippen molar-refractivity contribution in [2.45, 2.75) is 0 Å². The van der Waals surface area contributed by atoms with Crippen LogP contribution >= 0.6 is 0 Å². The lowest BCUT2D eigenvalue weighted by molar-refractivity contribution is 0.0694. The predicted molar refractivity (Wildman–Crippen MR) is 90.7 cm³/mol. The maximum absolute atomic E-state index is 13.7. The van der Waals surface area contributed by atoms with Gasteiger partial charge in [0.05, 0.1) is 0 Å². The summed E-state index contributed by atoms with van der Waals surface area (Å²) in [5.74, 6) is -17.0. The van der Waals surface area contributed by atoms with Crippen LogP contribution in [0.2, 0.25) is 0 Å². The number of benzene rings is 3. The van der Waals surface area contributed by atoms with E-state index in [4.69, 9.17) is 4.74 Å². The fourth-order valence-electron chi connectivity index (χ4n) is 2.35. The molecule has 5 nitrogen and oxygen atoms in total. The Morgan fingerprint density at radius 3 is 1.70 bits per heavy atom. The second-order valence-electron chi connectivity index (χ2n) is 5.69. The number of hydrogen-bond donors (Lipinski definition) is 1. The number of phenolic OH excluding ortho intramolecular Hbond substituents is 1. The van der Waals surface area contributed by atoms with E-state index in [9.17, 15) is 36.6 Å². The minimum Gasteiger partial charge on any atom is -0.507 e. The van der Waals surface area contributed by atoms with Crippen LogP contribution in [0, 0.1) is 29.1 Å². The van der Waals surface area contributed by atoms with Crippen LogP contribution in [-0.4, -0.2) is 17.0 Å². The first kappa shape index (κ1) is 20.8. The molecule has 30 heavy (non-hydrogen) atoms. The molecule has 1 N–H and O–H groups in total. The molecule has 0 aromatic heterocycles. The Morgan fingerprint density at radius 1 is 0.633 bits per heavy atom. The second kappa shape index (κ2) is 8.19. The number of carbonyl (C=O) groups excluding carboxylic acids is 2. The number of aromatic hydroxyl groups is 1. The number of phenols is 1.